The minimum Gasteiger partial charge on any atom is -0.310 e. The highest BCUT2D eigenvalue weighted by atomic mass is 16.1. The molecule has 0 atom stereocenters. The number of aromatic nitrogens is 1. The minimum absolute atomic E-state index is 0.00150. The molecule has 0 aliphatic carbocycles. The van der Waals surface area contributed by atoms with Crippen LogP contribution in [0.1, 0.15) is 56.8 Å². The van der Waals surface area contributed by atoms with Crippen LogP contribution >= 0.6 is 0 Å². The first-order chi connectivity index (χ1) is 34.3. The van der Waals surface area contributed by atoms with E-state index in [2.05, 4.69) is 186 Å². The van der Waals surface area contributed by atoms with Crippen molar-refractivity contribution in [2.75, 3.05) is 9.80 Å². The van der Waals surface area contributed by atoms with Crippen molar-refractivity contribution in [1.82, 2.24) is 4.57 Å². The van der Waals surface area contributed by atoms with E-state index in [1.54, 1.807) is 0 Å². The third-order valence-corrected chi connectivity index (χ3v) is 13.9. The van der Waals surface area contributed by atoms with Crippen molar-refractivity contribution in [2.24, 2.45) is 0 Å². The van der Waals surface area contributed by atoms with Crippen LogP contribution in [0.5, 0.6) is 0 Å². The minimum atomic E-state index is -0.345. The summed E-state index contributed by atoms with van der Waals surface area (Å²) in [7, 11) is 0. The van der Waals surface area contributed by atoms with Gasteiger partial charge in [-0.2, -0.15) is 0 Å². The Labute approximate surface area is 407 Å². The first-order valence-electron chi connectivity index (χ1n) is 23.8. The second-order valence-electron chi connectivity index (χ2n) is 18.4. The lowest BCUT2D eigenvalue weighted by molar-refractivity contribution is 0.103. The summed E-state index contributed by atoms with van der Waals surface area (Å²) < 4.78 is 2.29. The first-order valence-corrected chi connectivity index (χ1v) is 23.8. The fraction of sp³-hybridized carbons (Fsp3) is 0.0462. The normalized spacial score (nSPS) is 12.6. The molecule has 11 aromatic rings. The smallest absolute Gasteiger partial charge is 0.193 e. The Kier molecular flexibility index (Phi) is 10.4. The zero-order valence-electron chi connectivity index (χ0n) is 38.8. The zero-order valence-corrected chi connectivity index (χ0v) is 38.8. The van der Waals surface area contributed by atoms with Gasteiger partial charge in [-0.25, -0.2) is 0 Å². The predicted octanol–water partition coefficient (Wildman–Crippen LogP) is 16.5. The van der Waals surface area contributed by atoms with Crippen LogP contribution in [0.25, 0.3) is 38.6 Å². The number of hydrogen-bond donors (Lipinski definition) is 0. The number of carbonyl (C=O) groups excluding carboxylic acids is 2. The summed E-state index contributed by atoms with van der Waals surface area (Å²) in [6, 6.07) is 84.6. The van der Waals surface area contributed by atoms with Gasteiger partial charge in [0.1, 0.15) is 0 Å². The molecular formula is C65H47N3O2. The van der Waals surface area contributed by atoms with Gasteiger partial charge in [0.2, 0.25) is 0 Å². The molecule has 0 spiro atoms. The van der Waals surface area contributed by atoms with Crippen LogP contribution in [0.3, 0.4) is 0 Å². The number of rotatable bonds is 10. The summed E-state index contributed by atoms with van der Waals surface area (Å²) in [5.41, 5.74) is 16.3. The van der Waals surface area contributed by atoms with E-state index in [9.17, 15) is 9.59 Å². The van der Waals surface area contributed by atoms with Gasteiger partial charge >= 0.3 is 0 Å². The maximum absolute atomic E-state index is 14.2. The van der Waals surface area contributed by atoms with Gasteiger partial charge in [0.15, 0.2) is 11.6 Å². The van der Waals surface area contributed by atoms with Crippen molar-refractivity contribution in [3.8, 4) is 16.8 Å². The van der Waals surface area contributed by atoms with Crippen LogP contribution in [0.4, 0.5) is 34.1 Å². The van der Waals surface area contributed by atoms with Gasteiger partial charge in [-0.15, -0.1) is 0 Å². The van der Waals surface area contributed by atoms with E-state index in [0.717, 1.165) is 72.7 Å². The molecule has 334 valence electrons. The van der Waals surface area contributed by atoms with Gasteiger partial charge in [-0.3, -0.25) is 9.59 Å². The molecule has 1 aliphatic rings. The quantitative estimate of drug-likeness (QED) is 0.128. The fourth-order valence-corrected chi connectivity index (χ4v) is 10.6. The Morgan fingerprint density at radius 3 is 1.54 bits per heavy atom. The van der Waals surface area contributed by atoms with Crippen molar-refractivity contribution in [1.29, 1.82) is 0 Å². The standard InChI is InChI=1S/C65H47N3O2/c1-65(2)57-25-13-15-27-60(57)68(52-39-35-47(36-40-52)63(69)45-17-6-3-7-18-45)61-28-16-24-54(62(61)65)44-29-31-46(32-30-44)64(70)48-33-37-51(38-34-48)67-58-26-14-12-23-55(58)56-43-53(41-42-59(56)67)66(49-19-8-4-9-20-49)50-21-10-5-11-22-50/h3-43H,1-2H3. The SMILES string of the molecule is CC1(C)c2ccccc2N(c2ccc(C(=O)c3ccccc3)cc2)c2cccc(-c3ccc(C(=O)c4ccc(-n5c6ccccc6c6cc(N(c7ccccc7)c7ccccc7)ccc65)cc4)cc3)c21. The van der Waals surface area contributed by atoms with Crippen molar-refractivity contribution in [3.05, 3.63) is 282 Å². The maximum Gasteiger partial charge on any atom is 0.193 e. The molecule has 2 heterocycles. The molecule has 0 N–H and O–H groups in total. The molecule has 0 saturated carbocycles. The van der Waals surface area contributed by atoms with E-state index in [0.29, 0.717) is 22.3 Å². The van der Waals surface area contributed by atoms with Gasteiger partial charge < -0.3 is 14.4 Å². The van der Waals surface area contributed by atoms with Gasteiger partial charge in [-0.05, 0) is 131 Å². The molecule has 12 rings (SSSR count). The molecule has 5 heteroatoms. The molecule has 0 radical (unpaired) electrons. The van der Waals surface area contributed by atoms with E-state index >= 15 is 0 Å². The van der Waals surface area contributed by atoms with E-state index in [1.165, 1.54) is 11.1 Å². The topological polar surface area (TPSA) is 45.6 Å². The highest BCUT2D eigenvalue weighted by Crippen LogP contribution is 2.54. The van der Waals surface area contributed by atoms with Crippen molar-refractivity contribution >= 4 is 67.5 Å². The fourth-order valence-electron chi connectivity index (χ4n) is 10.6. The van der Waals surface area contributed by atoms with Gasteiger partial charge in [0.25, 0.3) is 0 Å². The van der Waals surface area contributed by atoms with E-state index in [-0.39, 0.29) is 17.0 Å². The van der Waals surface area contributed by atoms with Crippen LogP contribution in [-0.2, 0) is 5.41 Å². The Balaban J connectivity index is 0.851. The van der Waals surface area contributed by atoms with Gasteiger partial charge in [0.05, 0.1) is 22.4 Å². The van der Waals surface area contributed by atoms with Crippen LogP contribution in [0, 0.1) is 0 Å². The highest BCUT2D eigenvalue weighted by molar-refractivity contribution is 6.12. The second-order valence-corrected chi connectivity index (χ2v) is 18.4. The molecule has 0 saturated heterocycles. The van der Waals surface area contributed by atoms with Crippen molar-refractivity contribution in [2.45, 2.75) is 19.3 Å². The van der Waals surface area contributed by atoms with Crippen LogP contribution in [0.2, 0.25) is 0 Å². The Hall–Kier alpha value is -9.06. The highest BCUT2D eigenvalue weighted by Gasteiger charge is 2.38. The molecule has 70 heavy (non-hydrogen) atoms. The van der Waals surface area contributed by atoms with E-state index < -0.39 is 0 Å². The molecule has 0 amide bonds. The molecule has 0 bridgehead atoms. The van der Waals surface area contributed by atoms with Crippen LogP contribution < -0.4 is 9.80 Å². The molecule has 0 unspecified atom stereocenters. The number of anilines is 6. The Bertz CT molecular complexity index is 3710. The largest absolute Gasteiger partial charge is 0.310 e. The summed E-state index contributed by atoms with van der Waals surface area (Å²) in [5, 5.41) is 2.31. The van der Waals surface area contributed by atoms with Gasteiger partial charge in [0, 0.05) is 66.9 Å². The molecular weight excluding hydrogens is 855 g/mol. The monoisotopic (exact) mass is 901 g/mol. The van der Waals surface area contributed by atoms with E-state index in [4.69, 9.17) is 0 Å². The average molecular weight is 902 g/mol. The third-order valence-electron chi connectivity index (χ3n) is 13.9. The average Bonchev–Trinajstić information content (AvgIpc) is 3.75. The lowest BCUT2D eigenvalue weighted by Crippen LogP contribution is -2.31. The van der Waals surface area contributed by atoms with Crippen molar-refractivity contribution < 1.29 is 9.59 Å². The number of nitrogens with zero attached hydrogens (tertiary/aromatic N) is 3. The number of carbonyl (C=O) groups is 2. The van der Waals surface area contributed by atoms with Gasteiger partial charge in [-0.1, -0.05) is 153 Å². The zero-order chi connectivity index (χ0) is 47.3. The maximum atomic E-state index is 14.2. The molecule has 1 aliphatic heterocycles. The summed E-state index contributed by atoms with van der Waals surface area (Å²) in [5.74, 6) is -0.0324. The molecule has 5 nitrogen and oxygen atoms in total. The number of para-hydroxylation sites is 4. The number of fused-ring (bicyclic) bond motifs is 5. The summed E-state index contributed by atoms with van der Waals surface area (Å²) in [6.45, 7) is 4.58. The molecule has 10 aromatic carbocycles. The first kappa shape index (κ1) is 42.3. The molecule has 1 aromatic heterocycles. The lowest BCUT2D eigenvalue weighted by Gasteiger charge is -2.43. The summed E-state index contributed by atoms with van der Waals surface area (Å²) >= 11 is 0. The summed E-state index contributed by atoms with van der Waals surface area (Å²) in [6.07, 6.45) is 0. The predicted molar refractivity (Wildman–Crippen MR) is 287 cm³/mol. The number of hydrogen-bond acceptors (Lipinski definition) is 4. The molecule has 0 fully saturated rings. The Morgan fingerprint density at radius 2 is 0.900 bits per heavy atom. The van der Waals surface area contributed by atoms with Crippen molar-refractivity contribution in [3.63, 3.8) is 0 Å². The lowest BCUT2D eigenvalue weighted by atomic mass is 9.71. The Morgan fingerprint density at radius 1 is 0.400 bits per heavy atom. The number of ketones is 2. The van der Waals surface area contributed by atoms with Crippen LogP contribution in [-0.4, -0.2) is 16.1 Å². The summed E-state index contributed by atoms with van der Waals surface area (Å²) in [4.78, 5) is 32.2. The second kappa shape index (κ2) is 17.2. The number of benzene rings is 10. The van der Waals surface area contributed by atoms with E-state index in [1.807, 2.05) is 91.0 Å². The van der Waals surface area contributed by atoms with Crippen LogP contribution in [0.15, 0.2) is 249 Å². The third kappa shape index (κ3) is 7.19.